The van der Waals surface area contributed by atoms with Gasteiger partial charge in [0.05, 0.1) is 7.11 Å². The fourth-order valence-corrected chi connectivity index (χ4v) is 2.82. The first-order valence-corrected chi connectivity index (χ1v) is 7.75. The van der Waals surface area contributed by atoms with E-state index in [1.165, 1.54) is 21.9 Å². The van der Waals surface area contributed by atoms with Crippen LogP contribution in [0.15, 0.2) is 28.2 Å². The molecule has 114 valence electrons. The lowest BCUT2D eigenvalue weighted by Gasteiger charge is -2.10. The predicted molar refractivity (Wildman–Crippen MR) is 83.8 cm³/mol. The third-order valence-electron chi connectivity index (χ3n) is 3.12. The molecule has 0 radical (unpaired) electrons. The molecular formula is C14H20N4O2S. The summed E-state index contributed by atoms with van der Waals surface area (Å²) >= 11 is 1.50. The molecule has 0 amide bonds. The lowest BCUT2D eigenvalue weighted by Crippen LogP contribution is -2.13. The maximum atomic E-state index is 11.3. The van der Waals surface area contributed by atoms with Crippen molar-refractivity contribution in [2.24, 2.45) is 7.05 Å². The van der Waals surface area contributed by atoms with Crippen molar-refractivity contribution in [2.45, 2.75) is 24.4 Å². The van der Waals surface area contributed by atoms with Gasteiger partial charge in [0.25, 0.3) is 0 Å². The number of nitrogens with zero attached hydrogens (tertiary/aromatic N) is 2. The molecule has 0 spiro atoms. The lowest BCUT2D eigenvalue weighted by atomic mass is 10.1. The molecule has 2 N–H and O–H groups in total. The molecule has 0 aliphatic carbocycles. The van der Waals surface area contributed by atoms with Gasteiger partial charge in [-0.3, -0.25) is 4.57 Å². The van der Waals surface area contributed by atoms with Gasteiger partial charge in [-0.15, -0.1) is 5.10 Å². The van der Waals surface area contributed by atoms with Crippen LogP contribution in [0.5, 0.6) is 5.75 Å². The molecule has 2 aromatic rings. The molecule has 2 rings (SSSR count). The number of benzene rings is 1. The molecule has 0 aliphatic rings. The standard InChI is InChI=1S/C14H20N4O2S/c1-4-15-8-10-5-6-12(20-3)11(7-10)9-21-14-17-16-13(19)18(14)2/h5-7,15H,4,8-9H2,1-3H3,(H,16,19). The normalized spacial score (nSPS) is 10.8. The lowest BCUT2D eigenvalue weighted by molar-refractivity contribution is 0.411. The van der Waals surface area contributed by atoms with Crippen LogP contribution in [0.25, 0.3) is 0 Å². The first-order chi connectivity index (χ1) is 10.2. The van der Waals surface area contributed by atoms with Crippen molar-refractivity contribution in [2.75, 3.05) is 13.7 Å². The van der Waals surface area contributed by atoms with Crippen molar-refractivity contribution in [3.8, 4) is 5.75 Å². The summed E-state index contributed by atoms with van der Waals surface area (Å²) < 4.78 is 6.90. The van der Waals surface area contributed by atoms with Gasteiger partial charge >= 0.3 is 5.69 Å². The molecule has 1 aromatic heterocycles. The Morgan fingerprint density at radius 2 is 2.29 bits per heavy atom. The highest BCUT2D eigenvalue weighted by atomic mass is 32.2. The van der Waals surface area contributed by atoms with Crippen LogP contribution in [0.2, 0.25) is 0 Å². The monoisotopic (exact) mass is 308 g/mol. The van der Waals surface area contributed by atoms with Crippen molar-refractivity contribution in [3.05, 3.63) is 39.8 Å². The van der Waals surface area contributed by atoms with Crippen molar-refractivity contribution in [1.82, 2.24) is 20.1 Å². The Hall–Kier alpha value is -1.73. The van der Waals surface area contributed by atoms with Gasteiger partial charge in [0.2, 0.25) is 0 Å². The second kappa shape index (κ2) is 7.33. The van der Waals surface area contributed by atoms with Crippen molar-refractivity contribution >= 4 is 11.8 Å². The Balaban J connectivity index is 2.13. The maximum absolute atomic E-state index is 11.3. The molecule has 1 aromatic carbocycles. The van der Waals surface area contributed by atoms with Gasteiger partial charge < -0.3 is 10.1 Å². The number of hydrogen-bond donors (Lipinski definition) is 2. The molecule has 0 unspecified atom stereocenters. The largest absolute Gasteiger partial charge is 0.496 e. The molecule has 21 heavy (non-hydrogen) atoms. The van der Waals surface area contributed by atoms with Gasteiger partial charge in [0.1, 0.15) is 5.75 Å². The first kappa shape index (κ1) is 15.7. The molecule has 6 nitrogen and oxygen atoms in total. The quantitative estimate of drug-likeness (QED) is 0.759. The molecule has 0 saturated carbocycles. The Morgan fingerprint density at radius 1 is 1.48 bits per heavy atom. The maximum Gasteiger partial charge on any atom is 0.343 e. The molecule has 0 saturated heterocycles. The summed E-state index contributed by atoms with van der Waals surface area (Å²) in [6.45, 7) is 3.85. The number of rotatable bonds is 7. The average Bonchev–Trinajstić information content (AvgIpc) is 2.82. The van der Waals surface area contributed by atoms with Gasteiger partial charge in [0.15, 0.2) is 5.16 Å². The van der Waals surface area contributed by atoms with E-state index in [9.17, 15) is 4.79 Å². The zero-order valence-corrected chi connectivity index (χ0v) is 13.3. The number of thioether (sulfide) groups is 1. The predicted octanol–water partition coefficient (Wildman–Crippen LogP) is 1.52. The molecule has 0 fully saturated rings. The van der Waals surface area contributed by atoms with Crippen LogP contribution in [-0.4, -0.2) is 28.4 Å². The zero-order valence-electron chi connectivity index (χ0n) is 12.5. The third-order valence-corrected chi connectivity index (χ3v) is 4.20. The Kier molecular flexibility index (Phi) is 5.46. The summed E-state index contributed by atoms with van der Waals surface area (Å²) in [5.41, 5.74) is 2.10. The number of H-pyrrole nitrogens is 1. The highest BCUT2D eigenvalue weighted by Crippen LogP contribution is 2.27. The van der Waals surface area contributed by atoms with E-state index in [4.69, 9.17) is 4.74 Å². The van der Waals surface area contributed by atoms with Crippen LogP contribution >= 0.6 is 11.8 Å². The summed E-state index contributed by atoms with van der Waals surface area (Å²) in [4.78, 5) is 11.3. The van der Waals surface area contributed by atoms with Gasteiger partial charge in [-0.2, -0.15) is 0 Å². The summed E-state index contributed by atoms with van der Waals surface area (Å²) in [7, 11) is 3.37. The second-order valence-electron chi connectivity index (χ2n) is 4.59. The summed E-state index contributed by atoms with van der Waals surface area (Å²) in [5.74, 6) is 1.55. The third kappa shape index (κ3) is 3.89. The summed E-state index contributed by atoms with van der Waals surface area (Å²) in [6.07, 6.45) is 0. The van der Waals surface area contributed by atoms with Gasteiger partial charge in [-0.25, -0.2) is 9.89 Å². The Bertz CT molecular complexity index is 651. The number of nitrogens with one attached hydrogen (secondary N) is 2. The Labute approximate surface area is 127 Å². The zero-order chi connectivity index (χ0) is 15.2. The van der Waals surface area contributed by atoms with Crippen molar-refractivity contribution in [1.29, 1.82) is 0 Å². The van der Waals surface area contributed by atoms with Crippen LogP contribution < -0.4 is 15.7 Å². The highest BCUT2D eigenvalue weighted by molar-refractivity contribution is 7.98. The second-order valence-corrected chi connectivity index (χ2v) is 5.53. The van der Waals surface area contributed by atoms with Gasteiger partial charge in [-0.05, 0) is 24.2 Å². The minimum atomic E-state index is -0.203. The van der Waals surface area contributed by atoms with E-state index in [1.54, 1.807) is 14.2 Å². The van der Waals surface area contributed by atoms with Gasteiger partial charge in [-0.1, -0.05) is 24.8 Å². The van der Waals surface area contributed by atoms with E-state index in [0.29, 0.717) is 10.9 Å². The molecule has 1 heterocycles. The van der Waals surface area contributed by atoms with Crippen LogP contribution in [0.3, 0.4) is 0 Å². The van der Waals surface area contributed by atoms with E-state index >= 15 is 0 Å². The fourth-order valence-electron chi connectivity index (χ4n) is 1.93. The van der Waals surface area contributed by atoms with Crippen molar-refractivity contribution < 1.29 is 4.74 Å². The first-order valence-electron chi connectivity index (χ1n) is 6.76. The molecular weight excluding hydrogens is 288 g/mol. The minimum Gasteiger partial charge on any atom is -0.496 e. The molecule has 7 heteroatoms. The number of ether oxygens (including phenoxy) is 1. The van der Waals surface area contributed by atoms with Crippen molar-refractivity contribution in [3.63, 3.8) is 0 Å². The molecule has 0 atom stereocenters. The van der Waals surface area contributed by atoms with Gasteiger partial charge in [0, 0.05) is 24.9 Å². The highest BCUT2D eigenvalue weighted by Gasteiger charge is 2.09. The van der Waals surface area contributed by atoms with E-state index in [-0.39, 0.29) is 5.69 Å². The summed E-state index contributed by atoms with van der Waals surface area (Å²) in [6, 6.07) is 6.16. The van der Waals surface area contributed by atoms with Crippen LogP contribution in [0, 0.1) is 0 Å². The summed E-state index contributed by atoms with van der Waals surface area (Å²) in [5, 5.41) is 10.4. The minimum absolute atomic E-state index is 0.203. The Morgan fingerprint density at radius 3 is 2.90 bits per heavy atom. The topological polar surface area (TPSA) is 71.9 Å². The van der Waals surface area contributed by atoms with Crippen LogP contribution in [-0.2, 0) is 19.3 Å². The van der Waals surface area contributed by atoms with Crippen LogP contribution in [0.4, 0.5) is 0 Å². The number of aromatic amines is 1. The van der Waals surface area contributed by atoms with E-state index in [2.05, 4.69) is 34.6 Å². The van der Waals surface area contributed by atoms with E-state index in [0.717, 1.165) is 24.4 Å². The number of aromatic nitrogens is 3. The average molecular weight is 308 g/mol. The molecule has 0 aliphatic heterocycles. The fraction of sp³-hybridized carbons (Fsp3) is 0.429. The van der Waals surface area contributed by atoms with E-state index < -0.39 is 0 Å². The smallest absolute Gasteiger partial charge is 0.343 e. The number of methoxy groups -OCH3 is 1. The van der Waals surface area contributed by atoms with E-state index in [1.807, 2.05) is 6.07 Å². The SMILES string of the molecule is CCNCc1ccc(OC)c(CSc2n[nH]c(=O)n2C)c1. The van der Waals surface area contributed by atoms with Crippen LogP contribution in [0.1, 0.15) is 18.1 Å². The number of hydrogen-bond acceptors (Lipinski definition) is 5. The molecule has 0 bridgehead atoms.